The van der Waals surface area contributed by atoms with Gasteiger partial charge in [0.2, 0.25) is 0 Å². The average Bonchev–Trinajstić information content (AvgIpc) is 2.60. The number of amides is 1. The summed E-state index contributed by atoms with van der Waals surface area (Å²) in [6, 6.07) is 7.22. The second kappa shape index (κ2) is 7.09. The van der Waals surface area contributed by atoms with Crippen LogP contribution in [0, 0.1) is 0 Å². The third-order valence-electron chi connectivity index (χ3n) is 4.49. The van der Waals surface area contributed by atoms with Crippen molar-refractivity contribution in [3.63, 3.8) is 0 Å². The lowest BCUT2D eigenvalue weighted by atomic mass is 9.94. The van der Waals surface area contributed by atoms with Crippen molar-refractivity contribution >= 4 is 34.8 Å². The fourth-order valence-corrected chi connectivity index (χ4v) is 3.34. The van der Waals surface area contributed by atoms with E-state index in [9.17, 15) is 4.79 Å². The van der Waals surface area contributed by atoms with Crippen LogP contribution in [0.1, 0.15) is 18.5 Å². The first kappa shape index (κ1) is 17.2. The average molecular weight is 366 g/mol. The van der Waals surface area contributed by atoms with Crippen LogP contribution < -0.4 is 5.32 Å². The normalized spacial score (nSPS) is 21.8. The van der Waals surface area contributed by atoms with E-state index in [4.69, 9.17) is 28.6 Å². The monoisotopic (exact) mass is 365 g/mol. The summed E-state index contributed by atoms with van der Waals surface area (Å²) in [6.45, 7) is 4.30. The van der Waals surface area contributed by atoms with E-state index in [2.05, 4.69) is 5.32 Å². The Bertz CT molecular complexity index is 684. The molecule has 2 aliphatic rings. The third kappa shape index (κ3) is 3.27. The number of nitrogens with zero attached hydrogens (tertiary/aromatic N) is 2. The van der Waals surface area contributed by atoms with Crippen LogP contribution in [0.25, 0.3) is 0 Å². The zero-order valence-corrected chi connectivity index (χ0v) is 15.3. The molecular weight excluding hydrogens is 346 g/mol. The fraction of sp³-hybridized carbons (Fsp3) is 0.412. The van der Waals surface area contributed by atoms with Gasteiger partial charge in [-0.25, -0.2) is 0 Å². The smallest absolute Gasteiger partial charge is 0.254 e. The Kier molecular flexibility index (Phi) is 5.08. The van der Waals surface area contributed by atoms with Gasteiger partial charge in [-0.15, -0.1) is 0 Å². The van der Waals surface area contributed by atoms with E-state index in [1.54, 1.807) is 0 Å². The molecule has 0 aliphatic carbocycles. The highest BCUT2D eigenvalue weighted by Gasteiger charge is 2.35. The SMILES string of the molecule is CC1=C(C(=O)N2CCOCC2)[C@@H](c2ccc(Cl)cc2)NC(=S)N1C. The van der Waals surface area contributed by atoms with Crippen LogP contribution in [0.2, 0.25) is 5.02 Å². The highest BCUT2D eigenvalue weighted by atomic mass is 35.5. The number of ether oxygens (including phenoxy) is 1. The van der Waals surface area contributed by atoms with Crippen LogP contribution in [-0.4, -0.2) is 54.2 Å². The predicted molar refractivity (Wildman–Crippen MR) is 97.8 cm³/mol. The Morgan fingerprint density at radius 1 is 1.29 bits per heavy atom. The molecule has 7 heteroatoms. The Morgan fingerprint density at radius 2 is 1.92 bits per heavy atom. The predicted octanol–water partition coefficient (Wildman–Crippen LogP) is 2.33. The lowest BCUT2D eigenvalue weighted by Crippen LogP contribution is -2.50. The van der Waals surface area contributed by atoms with Crippen LogP contribution >= 0.6 is 23.8 Å². The maximum Gasteiger partial charge on any atom is 0.254 e. The quantitative estimate of drug-likeness (QED) is 0.815. The highest BCUT2D eigenvalue weighted by molar-refractivity contribution is 7.80. The number of nitrogens with one attached hydrogen (secondary N) is 1. The number of carbonyl (C=O) groups is 1. The maximum atomic E-state index is 13.1. The van der Waals surface area contributed by atoms with Gasteiger partial charge in [-0.1, -0.05) is 23.7 Å². The summed E-state index contributed by atoms with van der Waals surface area (Å²) in [4.78, 5) is 16.8. The van der Waals surface area contributed by atoms with Gasteiger partial charge in [0.1, 0.15) is 0 Å². The molecule has 0 aromatic heterocycles. The largest absolute Gasteiger partial charge is 0.378 e. The molecule has 0 spiro atoms. The molecule has 128 valence electrons. The van der Waals surface area contributed by atoms with E-state index >= 15 is 0 Å². The van der Waals surface area contributed by atoms with E-state index in [1.165, 1.54) is 0 Å². The fourth-order valence-electron chi connectivity index (χ4n) is 2.95. The lowest BCUT2D eigenvalue weighted by molar-refractivity contribution is -0.131. The van der Waals surface area contributed by atoms with Crippen molar-refractivity contribution < 1.29 is 9.53 Å². The molecule has 0 saturated carbocycles. The van der Waals surface area contributed by atoms with Gasteiger partial charge in [0.05, 0.1) is 24.8 Å². The number of halogens is 1. The number of benzene rings is 1. The molecule has 1 aromatic rings. The molecule has 5 nitrogen and oxygen atoms in total. The van der Waals surface area contributed by atoms with E-state index in [0.29, 0.717) is 36.4 Å². The highest BCUT2D eigenvalue weighted by Crippen LogP contribution is 2.32. The summed E-state index contributed by atoms with van der Waals surface area (Å²) in [5.74, 6) is 0.0256. The van der Waals surface area contributed by atoms with Gasteiger partial charge in [-0.2, -0.15) is 0 Å². The summed E-state index contributed by atoms with van der Waals surface area (Å²) in [6.07, 6.45) is 0. The number of thiocarbonyl (C=S) groups is 1. The molecule has 1 saturated heterocycles. The molecule has 1 amide bonds. The van der Waals surface area contributed by atoms with Gasteiger partial charge in [0.25, 0.3) is 5.91 Å². The van der Waals surface area contributed by atoms with Crippen molar-refractivity contribution in [1.29, 1.82) is 0 Å². The van der Waals surface area contributed by atoms with Crippen molar-refractivity contribution in [2.45, 2.75) is 13.0 Å². The van der Waals surface area contributed by atoms with E-state index in [1.807, 2.05) is 48.0 Å². The zero-order valence-electron chi connectivity index (χ0n) is 13.7. The van der Waals surface area contributed by atoms with Gasteiger partial charge < -0.3 is 19.9 Å². The summed E-state index contributed by atoms with van der Waals surface area (Å²) in [5, 5.41) is 4.55. The van der Waals surface area contributed by atoms with Gasteiger partial charge in [0.15, 0.2) is 5.11 Å². The number of hydrogen-bond acceptors (Lipinski definition) is 3. The van der Waals surface area contributed by atoms with E-state index in [0.717, 1.165) is 16.8 Å². The van der Waals surface area contributed by atoms with E-state index in [-0.39, 0.29) is 11.9 Å². The van der Waals surface area contributed by atoms with Crippen molar-refractivity contribution in [1.82, 2.24) is 15.1 Å². The molecule has 1 N–H and O–H groups in total. The Balaban J connectivity index is 2.00. The number of allylic oxidation sites excluding steroid dienone is 1. The first-order valence-corrected chi connectivity index (χ1v) is 8.65. The van der Waals surface area contributed by atoms with Gasteiger partial charge >= 0.3 is 0 Å². The third-order valence-corrected chi connectivity index (χ3v) is 5.13. The lowest BCUT2D eigenvalue weighted by Gasteiger charge is -2.38. The first-order valence-electron chi connectivity index (χ1n) is 7.86. The molecule has 2 aliphatic heterocycles. The first-order chi connectivity index (χ1) is 11.5. The standard InChI is InChI=1S/C17H20ClN3O2S/c1-11-14(16(22)21-7-9-23-10-8-21)15(19-17(24)20(11)2)12-3-5-13(18)6-4-12/h3-6,15H,7-10H2,1-2H3,(H,19,24)/t15-/m1/s1. The van der Waals surface area contributed by atoms with E-state index < -0.39 is 0 Å². The summed E-state index contributed by atoms with van der Waals surface area (Å²) < 4.78 is 5.36. The Labute approximate surface area is 152 Å². The number of carbonyl (C=O) groups excluding carboxylic acids is 1. The molecule has 2 heterocycles. The summed E-state index contributed by atoms with van der Waals surface area (Å²) in [7, 11) is 1.87. The minimum absolute atomic E-state index is 0.0256. The molecule has 1 fully saturated rings. The molecule has 0 unspecified atom stereocenters. The molecule has 1 atom stereocenters. The maximum absolute atomic E-state index is 13.1. The molecule has 0 radical (unpaired) electrons. The molecule has 24 heavy (non-hydrogen) atoms. The summed E-state index contributed by atoms with van der Waals surface area (Å²) in [5.41, 5.74) is 2.55. The number of hydrogen-bond donors (Lipinski definition) is 1. The van der Waals surface area contributed by atoms with Gasteiger partial charge in [-0.05, 0) is 36.8 Å². The molecule has 1 aromatic carbocycles. The van der Waals surface area contributed by atoms with Crippen LogP contribution in [0.5, 0.6) is 0 Å². The van der Waals surface area contributed by atoms with Crippen LogP contribution in [0.3, 0.4) is 0 Å². The number of morpholine rings is 1. The van der Waals surface area contributed by atoms with Crippen LogP contribution in [-0.2, 0) is 9.53 Å². The second-order valence-electron chi connectivity index (χ2n) is 5.90. The summed E-state index contributed by atoms with van der Waals surface area (Å²) >= 11 is 11.4. The zero-order chi connectivity index (χ0) is 17.3. The minimum atomic E-state index is -0.277. The molecule has 3 rings (SSSR count). The molecular formula is C17H20ClN3O2S. The van der Waals surface area contributed by atoms with Crippen LogP contribution in [0.4, 0.5) is 0 Å². The Hall–Kier alpha value is -1.63. The molecule has 0 bridgehead atoms. The second-order valence-corrected chi connectivity index (χ2v) is 6.72. The van der Waals surface area contributed by atoms with Crippen molar-refractivity contribution in [3.8, 4) is 0 Å². The number of rotatable bonds is 2. The Morgan fingerprint density at radius 3 is 2.54 bits per heavy atom. The van der Waals surface area contributed by atoms with Crippen LogP contribution in [0.15, 0.2) is 35.5 Å². The van der Waals surface area contributed by atoms with Crippen molar-refractivity contribution in [2.75, 3.05) is 33.4 Å². The van der Waals surface area contributed by atoms with Crippen molar-refractivity contribution in [3.05, 3.63) is 46.1 Å². The van der Waals surface area contributed by atoms with Gasteiger partial charge in [-0.3, -0.25) is 4.79 Å². The van der Waals surface area contributed by atoms with Crippen molar-refractivity contribution in [2.24, 2.45) is 0 Å². The topological polar surface area (TPSA) is 44.8 Å². The minimum Gasteiger partial charge on any atom is -0.378 e. The van der Waals surface area contributed by atoms with Gasteiger partial charge in [0, 0.05) is 30.9 Å².